The van der Waals surface area contributed by atoms with Crippen LogP contribution in [0.4, 0.5) is 0 Å². The van der Waals surface area contributed by atoms with Crippen LogP contribution in [-0.2, 0) is 35.6 Å². The molecule has 0 unspecified atom stereocenters. The third-order valence-corrected chi connectivity index (χ3v) is 7.57. The van der Waals surface area contributed by atoms with E-state index in [1.165, 1.54) is 6.92 Å². The first-order valence-corrected chi connectivity index (χ1v) is 10.5. The molecule has 2 rings (SSSR count). The van der Waals surface area contributed by atoms with E-state index in [4.69, 9.17) is 4.74 Å². The van der Waals surface area contributed by atoms with Crippen LogP contribution in [0.2, 0.25) is 0 Å². The van der Waals surface area contributed by atoms with Crippen molar-refractivity contribution in [2.75, 3.05) is 18.1 Å². The van der Waals surface area contributed by atoms with Crippen LogP contribution in [0, 0.1) is 0 Å². The quantitative estimate of drug-likeness (QED) is 0.735. The number of rotatable bonds is 5. The molecule has 0 saturated carbocycles. The maximum Gasteiger partial charge on any atom is 0.350 e. The van der Waals surface area contributed by atoms with Gasteiger partial charge in [-0.1, -0.05) is 30.3 Å². The molecule has 0 aromatic heterocycles. The lowest BCUT2D eigenvalue weighted by atomic mass is 10.1. The number of hydrogen-bond acceptors (Lipinski definition) is 6. The summed E-state index contributed by atoms with van der Waals surface area (Å²) in [5, 5.41) is 0. The highest BCUT2D eigenvalue weighted by molar-refractivity contribution is 8.02. The van der Waals surface area contributed by atoms with Gasteiger partial charge in [0.05, 0.1) is 23.0 Å². The molecular weight excluding hydrogens is 340 g/mol. The SMILES string of the molecule is CCOC(=O)C1=C(CCc2ccccc2)S(=O)(=O)CCS1(=O)=O. The molecule has 0 spiro atoms. The summed E-state index contributed by atoms with van der Waals surface area (Å²) in [5.41, 5.74) is 0.862. The number of ether oxygens (including phenoxy) is 1. The maximum atomic E-state index is 12.3. The van der Waals surface area contributed by atoms with Crippen LogP contribution in [0.15, 0.2) is 40.1 Å². The summed E-state index contributed by atoms with van der Waals surface area (Å²) in [6.45, 7) is 1.51. The van der Waals surface area contributed by atoms with Crippen LogP contribution < -0.4 is 0 Å². The first-order valence-electron chi connectivity index (χ1n) is 7.17. The highest BCUT2D eigenvalue weighted by Crippen LogP contribution is 2.29. The summed E-state index contributed by atoms with van der Waals surface area (Å²) >= 11 is 0. The van der Waals surface area contributed by atoms with Gasteiger partial charge in [-0.05, 0) is 25.3 Å². The second-order valence-electron chi connectivity index (χ2n) is 5.10. The minimum absolute atomic E-state index is 0.0239. The topological polar surface area (TPSA) is 94.6 Å². The van der Waals surface area contributed by atoms with E-state index in [1.54, 1.807) is 0 Å². The zero-order valence-electron chi connectivity index (χ0n) is 12.7. The number of benzene rings is 1. The fourth-order valence-corrected chi connectivity index (χ4v) is 6.88. The van der Waals surface area contributed by atoms with Crippen molar-refractivity contribution in [2.45, 2.75) is 19.8 Å². The van der Waals surface area contributed by atoms with Gasteiger partial charge in [0.25, 0.3) is 0 Å². The molecular formula is C15H18O6S2. The van der Waals surface area contributed by atoms with Crippen molar-refractivity contribution in [1.29, 1.82) is 0 Å². The Morgan fingerprint density at radius 2 is 1.61 bits per heavy atom. The van der Waals surface area contributed by atoms with Crippen LogP contribution in [0.5, 0.6) is 0 Å². The molecule has 1 aliphatic heterocycles. The first-order chi connectivity index (χ1) is 10.8. The molecule has 0 aliphatic carbocycles. The summed E-state index contributed by atoms with van der Waals surface area (Å²) in [6, 6.07) is 9.07. The molecule has 23 heavy (non-hydrogen) atoms. The predicted molar refractivity (Wildman–Crippen MR) is 86.0 cm³/mol. The average Bonchev–Trinajstić information content (AvgIpc) is 2.49. The van der Waals surface area contributed by atoms with Crippen molar-refractivity contribution >= 4 is 25.6 Å². The van der Waals surface area contributed by atoms with E-state index in [0.717, 1.165) is 5.56 Å². The molecule has 0 radical (unpaired) electrons. The molecule has 1 heterocycles. The van der Waals surface area contributed by atoms with Gasteiger partial charge in [0.1, 0.15) is 0 Å². The zero-order valence-corrected chi connectivity index (χ0v) is 14.3. The molecule has 0 amide bonds. The molecule has 8 heteroatoms. The lowest BCUT2D eigenvalue weighted by Gasteiger charge is -2.19. The molecule has 0 fully saturated rings. The van der Waals surface area contributed by atoms with Gasteiger partial charge in [0.15, 0.2) is 24.6 Å². The number of carbonyl (C=O) groups excluding carboxylic acids is 1. The molecule has 0 N–H and O–H groups in total. The van der Waals surface area contributed by atoms with Crippen molar-refractivity contribution < 1.29 is 26.4 Å². The smallest absolute Gasteiger partial charge is 0.350 e. The molecule has 0 saturated heterocycles. The van der Waals surface area contributed by atoms with E-state index in [0.29, 0.717) is 6.42 Å². The Balaban J connectivity index is 2.46. The van der Waals surface area contributed by atoms with Gasteiger partial charge in [0, 0.05) is 0 Å². The van der Waals surface area contributed by atoms with Crippen LogP contribution in [0.25, 0.3) is 0 Å². The monoisotopic (exact) mass is 358 g/mol. The number of hydrogen-bond donors (Lipinski definition) is 0. The normalized spacial score (nSPS) is 19.3. The standard InChI is InChI=1S/C15H18O6S2/c1-2-21-15(16)14-13(9-8-12-6-4-3-5-7-12)22(17,18)10-11-23(14,19)20/h3-7H,2,8-11H2,1H3. The lowest BCUT2D eigenvalue weighted by Crippen LogP contribution is -2.32. The molecule has 126 valence electrons. The third kappa shape index (κ3) is 4.00. The predicted octanol–water partition coefficient (Wildman–Crippen LogP) is 1.24. The Labute approximate surface area is 136 Å². The Bertz CT molecular complexity index is 820. The summed E-state index contributed by atoms with van der Waals surface area (Å²) in [4.78, 5) is 11.0. The highest BCUT2D eigenvalue weighted by Gasteiger charge is 2.40. The number of allylic oxidation sites excluding steroid dienone is 1. The number of esters is 1. The molecule has 0 atom stereocenters. The van der Waals surface area contributed by atoms with Crippen molar-refractivity contribution in [3.05, 3.63) is 45.7 Å². The Kier molecular flexibility index (Phi) is 5.26. The number of carbonyl (C=O) groups is 1. The van der Waals surface area contributed by atoms with Crippen molar-refractivity contribution in [3.63, 3.8) is 0 Å². The number of sulfone groups is 2. The van der Waals surface area contributed by atoms with E-state index < -0.39 is 42.1 Å². The second kappa shape index (κ2) is 6.84. The largest absolute Gasteiger partial charge is 0.462 e. The van der Waals surface area contributed by atoms with Gasteiger partial charge in [-0.15, -0.1) is 0 Å². The van der Waals surface area contributed by atoms with Crippen LogP contribution in [0.1, 0.15) is 18.9 Å². The molecule has 1 aromatic carbocycles. The van der Waals surface area contributed by atoms with Gasteiger partial charge in [-0.3, -0.25) is 0 Å². The van der Waals surface area contributed by atoms with E-state index in [1.807, 2.05) is 30.3 Å². The zero-order chi connectivity index (χ0) is 17.1. The fraction of sp³-hybridized carbons (Fsp3) is 0.400. The minimum Gasteiger partial charge on any atom is -0.462 e. The van der Waals surface area contributed by atoms with E-state index in [-0.39, 0.29) is 17.9 Å². The van der Waals surface area contributed by atoms with Crippen molar-refractivity contribution in [2.24, 2.45) is 0 Å². The Morgan fingerprint density at radius 1 is 1.00 bits per heavy atom. The Hall–Kier alpha value is -1.67. The van der Waals surface area contributed by atoms with Gasteiger partial charge in [-0.2, -0.15) is 0 Å². The molecule has 1 aliphatic rings. The van der Waals surface area contributed by atoms with Crippen molar-refractivity contribution in [3.8, 4) is 0 Å². The average molecular weight is 358 g/mol. The van der Waals surface area contributed by atoms with Gasteiger partial charge in [0.2, 0.25) is 0 Å². The molecule has 0 bridgehead atoms. The van der Waals surface area contributed by atoms with Gasteiger partial charge < -0.3 is 4.74 Å². The molecule has 6 nitrogen and oxygen atoms in total. The third-order valence-electron chi connectivity index (χ3n) is 3.50. The van der Waals surface area contributed by atoms with E-state index in [2.05, 4.69) is 0 Å². The summed E-state index contributed by atoms with van der Waals surface area (Å²) in [7, 11) is -7.72. The fourth-order valence-electron chi connectivity index (χ4n) is 2.37. The maximum absolute atomic E-state index is 12.3. The first kappa shape index (κ1) is 17.7. The summed E-state index contributed by atoms with van der Waals surface area (Å²) in [5.74, 6) is -2.17. The van der Waals surface area contributed by atoms with Crippen LogP contribution in [0.3, 0.4) is 0 Å². The van der Waals surface area contributed by atoms with Gasteiger partial charge >= 0.3 is 5.97 Å². The summed E-state index contributed by atoms with van der Waals surface area (Å²) < 4.78 is 53.7. The van der Waals surface area contributed by atoms with E-state index >= 15 is 0 Å². The molecule has 1 aromatic rings. The van der Waals surface area contributed by atoms with Crippen molar-refractivity contribution in [1.82, 2.24) is 0 Å². The minimum atomic E-state index is -3.94. The second-order valence-corrected chi connectivity index (χ2v) is 9.27. The lowest BCUT2D eigenvalue weighted by molar-refractivity contribution is -0.137. The number of aryl methyl sites for hydroxylation is 1. The van der Waals surface area contributed by atoms with Gasteiger partial charge in [-0.25, -0.2) is 21.6 Å². The van der Waals surface area contributed by atoms with E-state index in [9.17, 15) is 21.6 Å². The van der Waals surface area contributed by atoms with Crippen LogP contribution in [-0.4, -0.2) is 40.9 Å². The Morgan fingerprint density at radius 3 is 2.22 bits per heavy atom. The van der Waals surface area contributed by atoms with Crippen LogP contribution >= 0.6 is 0 Å². The summed E-state index contributed by atoms with van der Waals surface area (Å²) in [6.07, 6.45) is 0.285. The highest BCUT2D eigenvalue weighted by atomic mass is 32.2.